The summed E-state index contributed by atoms with van der Waals surface area (Å²) in [7, 11) is 0. The normalized spacial score (nSPS) is 12.1. The van der Waals surface area contributed by atoms with Crippen LogP contribution in [0.3, 0.4) is 0 Å². The van der Waals surface area contributed by atoms with Gasteiger partial charge in [-0.15, -0.1) is 0 Å². The lowest BCUT2D eigenvalue weighted by Crippen LogP contribution is -2.07. The van der Waals surface area contributed by atoms with Gasteiger partial charge < -0.3 is 15.4 Å². The average Bonchev–Trinajstić information content (AvgIpc) is 3.08. The molecule has 4 aromatic heterocycles. The van der Waals surface area contributed by atoms with Crippen molar-refractivity contribution < 1.29 is 14.3 Å². The van der Waals surface area contributed by atoms with Gasteiger partial charge in [0.05, 0.1) is 22.8 Å². The quantitative estimate of drug-likeness (QED) is 0.459. The van der Waals surface area contributed by atoms with E-state index < -0.39 is 12.1 Å². The van der Waals surface area contributed by atoms with E-state index in [1.165, 1.54) is 19.2 Å². The van der Waals surface area contributed by atoms with Gasteiger partial charge in [0, 0.05) is 47.8 Å². The van der Waals surface area contributed by atoms with Crippen molar-refractivity contribution in [3.8, 4) is 22.4 Å². The summed E-state index contributed by atoms with van der Waals surface area (Å²) >= 11 is 0. The zero-order chi connectivity index (χ0) is 20.5. The van der Waals surface area contributed by atoms with Gasteiger partial charge in [0.2, 0.25) is 11.9 Å². The number of pyridine rings is 3. The molecule has 1 atom stereocenters. The SMILES string of the molecule is CC(=O)Nc1cc(-c2[nH]c3c(C(C)O)ccnc3c2-c2ccc(F)nc2)ccn1. The maximum absolute atomic E-state index is 13.4. The molecule has 0 aliphatic carbocycles. The number of nitrogens with one attached hydrogen (secondary N) is 2. The molecule has 3 N–H and O–H groups in total. The first-order chi connectivity index (χ1) is 13.9. The van der Waals surface area contributed by atoms with Crippen LogP contribution in [-0.2, 0) is 4.79 Å². The predicted molar refractivity (Wildman–Crippen MR) is 107 cm³/mol. The van der Waals surface area contributed by atoms with E-state index in [0.29, 0.717) is 33.7 Å². The van der Waals surface area contributed by atoms with Crippen molar-refractivity contribution in [2.24, 2.45) is 0 Å². The Morgan fingerprint density at radius 1 is 1.14 bits per heavy atom. The van der Waals surface area contributed by atoms with Crippen LogP contribution in [0.15, 0.2) is 48.9 Å². The fourth-order valence-electron chi connectivity index (χ4n) is 3.31. The van der Waals surface area contributed by atoms with Crippen LogP contribution in [0.2, 0.25) is 0 Å². The predicted octanol–water partition coefficient (Wildman–Crippen LogP) is 3.84. The number of carbonyl (C=O) groups is 1. The second kappa shape index (κ2) is 7.40. The second-order valence-corrected chi connectivity index (χ2v) is 6.66. The Labute approximate surface area is 165 Å². The van der Waals surface area contributed by atoms with E-state index in [4.69, 9.17) is 0 Å². The molecule has 0 fully saturated rings. The average molecular weight is 391 g/mol. The fraction of sp³-hybridized carbons (Fsp3) is 0.143. The van der Waals surface area contributed by atoms with Crippen molar-refractivity contribution in [2.45, 2.75) is 20.0 Å². The molecule has 0 aromatic carbocycles. The number of hydrogen-bond acceptors (Lipinski definition) is 5. The fourth-order valence-corrected chi connectivity index (χ4v) is 3.31. The van der Waals surface area contributed by atoms with Crippen LogP contribution in [0.1, 0.15) is 25.5 Å². The van der Waals surface area contributed by atoms with Gasteiger partial charge in [0.25, 0.3) is 0 Å². The summed E-state index contributed by atoms with van der Waals surface area (Å²) < 4.78 is 13.4. The second-order valence-electron chi connectivity index (χ2n) is 6.66. The number of halogens is 1. The van der Waals surface area contributed by atoms with E-state index in [9.17, 15) is 14.3 Å². The van der Waals surface area contributed by atoms with E-state index in [-0.39, 0.29) is 5.91 Å². The molecule has 8 heteroatoms. The number of hydrogen-bond donors (Lipinski definition) is 3. The van der Waals surface area contributed by atoms with Crippen molar-refractivity contribution in [1.82, 2.24) is 19.9 Å². The summed E-state index contributed by atoms with van der Waals surface area (Å²) in [5, 5.41) is 12.8. The monoisotopic (exact) mass is 391 g/mol. The van der Waals surface area contributed by atoms with Crippen molar-refractivity contribution >= 4 is 22.8 Å². The highest BCUT2D eigenvalue weighted by Crippen LogP contribution is 2.39. The van der Waals surface area contributed by atoms with Crippen molar-refractivity contribution in [2.75, 3.05) is 5.32 Å². The molecule has 4 rings (SSSR count). The molecule has 0 saturated carbocycles. The summed E-state index contributed by atoms with van der Waals surface area (Å²) in [5.74, 6) is -0.405. The summed E-state index contributed by atoms with van der Waals surface area (Å²) in [6, 6.07) is 8.18. The van der Waals surface area contributed by atoms with Crippen LogP contribution in [0.4, 0.5) is 10.2 Å². The number of H-pyrrole nitrogens is 1. The highest BCUT2D eigenvalue weighted by Gasteiger charge is 2.20. The van der Waals surface area contributed by atoms with E-state index in [2.05, 4.69) is 25.3 Å². The van der Waals surface area contributed by atoms with Gasteiger partial charge >= 0.3 is 0 Å². The third kappa shape index (κ3) is 3.57. The minimum atomic E-state index is -0.710. The van der Waals surface area contributed by atoms with E-state index in [1.807, 2.05) is 0 Å². The van der Waals surface area contributed by atoms with Crippen molar-refractivity contribution in [3.63, 3.8) is 0 Å². The van der Waals surface area contributed by atoms with Crippen LogP contribution >= 0.6 is 0 Å². The molecule has 0 saturated heterocycles. The molecule has 29 heavy (non-hydrogen) atoms. The Bertz CT molecular complexity index is 1200. The standard InChI is InChI=1S/C21H18FN5O2/c1-11(28)15-6-8-24-21-18(14-3-4-16(22)25-10-14)19(27-20(15)21)13-5-7-23-17(9-13)26-12(2)29/h3-11,27-28H,1-2H3,(H,23,26,29). The molecule has 1 unspecified atom stereocenters. The number of aliphatic hydroxyl groups is 1. The third-order valence-corrected chi connectivity index (χ3v) is 4.54. The molecule has 4 aromatic rings. The first kappa shape index (κ1) is 18.7. The molecule has 4 heterocycles. The van der Waals surface area contributed by atoms with E-state index in [0.717, 1.165) is 11.1 Å². The Morgan fingerprint density at radius 2 is 1.93 bits per heavy atom. The van der Waals surface area contributed by atoms with Gasteiger partial charge in [0.15, 0.2) is 0 Å². The molecule has 0 bridgehead atoms. The lowest BCUT2D eigenvalue weighted by Gasteiger charge is -2.07. The van der Waals surface area contributed by atoms with Crippen molar-refractivity contribution in [3.05, 3.63) is 60.4 Å². The lowest BCUT2D eigenvalue weighted by atomic mass is 10.0. The third-order valence-electron chi connectivity index (χ3n) is 4.54. The number of carbonyl (C=O) groups excluding carboxylic acids is 1. The maximum Gasteiger partial charge on any atom is 0.222 e. The Morgan fingerprint density at radius 3 is 2.62 bits per heavy atom. The Hall–Kier alpha value is -3.65. The minimum Gasteiger partial charge on any atom is -0.389 e. The first-order valence-electron chi connectivity index (χ1n) is 8.98. The molecular weight excluding hydrogens is 373 g/mol. The van der Waals surface area contributed by atoms with Crippen LogP contribution in [-0.4, -0.2) is 30.9 Å². The molecule has 0 aliphatic heterocycles. The van der Waals surface area contributed by atoms with E-state index >= 15 is 0 Å². The molecule has 0 spiro atoms. The number of aromatic nitrogens is 4. The van der Waals surface area contributed by atoms with Crippen LogP contribution in [0.25, 0.3) is 33.4 Å². The highest BCUT2D eigenvalue weighted by atomic mass is 19.1. The summed E-state index contributed by atoms with van der Waals surface area (Å²) in [5.41, 5.74) is 4.82. The number of amides is 1. The van der Waals surface area contributed by atoms with Gasteiger partial charge in [-0.2, -0.15) is 4.39 Å². The van der Waals surface area contributed by atoms with E-state index in [1.54, 1.807) is 43.6 Å². The molecular formula is C21H18FN5O2. The zero-order valence-corrected chi connectivity index (χ0v) is 15.8. The molecule has 146 valence electrons. The molecule has 7 nitrogen and oxygen atoms in total. The van der Waals surface area contributed by atoms with Crippen LogP contribution in [0, 0.1) is 5.95 Å². The largest absolute Gasteiger partial charge is 0.389 e. The van der Waals surface area contributed by atoms with Gasteiger partial charge in [0.1, 0.15) is 5.82 Å². The zero-order valence-electron chi connectivity index (χ0n) is 15.8. The summed E-state index contributed by atoms with van der Waals surface area (Å²) in [4.78, 5) is 27.2. The minimum absolute atomic E-state index is 0.229. The maximum atomic E-state index is 13.4. The lowest BCUT2D eigenvalue weighted by molar-refractivity contribution is -0.114. The Kier molecular flexibility index (Phi) is 4.77. The Balaban J connectivity index is 2.00. The molecule has 0 radical (unpaired) electrons. The number of aliphatic hydroxyl groups excluding tert-OH is 1. The van der Waals surface area contributed by atoms with Crippen LogP contribution < -0.4 is 5.32 Å². The van der Waals surface area contributed by atoms with Gasteiger partial charge in [-0.05, 0) is 37.3 Å². The molecule has 0 aliphatic rings. The van der Waals surface area contributed by atoms with Crippen molar-refractivity contribution in [1.29, 1.82) is 0 Å². The number of rotatable bonds is 4. The number of aromatic amines is 1. The topological polar surface area (TPSA) is 104 Å². The number of nitrogens with zero attached hydrogens (tertiary/aromatic N) is 3. The van der Waals surface area contributed by atoms with Crippen LogP contribution in [0.5, 0.6) is 0 Å². The smallest absolute Gasteiger partial charge is 0.222 e. The highest BCUT2D eigenvalue weighted by molar-refractivity contribution is 6.02. The summed E-state index contributed by atoms with van der Waals surface area (Å²) in [6.07, 6.45) is 3.94. The first-order valence-corrected chi connectivity index (χ1v) is 8.98. The summed E-state index contributed by atoms with van der Waals surface area (Å²) in [6.45, 7) is 3.08. The number of fused-ring (bicyclic) bond motifs is 1. The van der Waals surface area contributed by atoms with Gasteiger partial charge in [-0.1, -0.05) is 0 Å². The van der Waals surface area contributed by atoms with Gasteiger partial charge in [-0.25, -0.2) is 9.97 Å². The molecule has 1 amide bonds. The van der Waals surface area contributed by atoms with Gasteiger partial charge in [-0.3, -0.25) is 9.78 Å². The number of anilines is 1.